The van der Waals surface area contributed by atoms with E-state index in [1.165, 1.54) is 0 Å². The van der Waals surface area contributed by atoms with E-state index in [-0.39, 0.29) is 5.75 Å². The quantitative estimate of drug-likeness (QED) is 0.838. The van der Waals surface area contributed by atoms with Crippen molar-refractivity contribution in [1.29, 1.82) is 0 Å². The third kappa shape index (κ3) is 1.56. The summed E-state index contributed by atoms with van der Waals surface area (Å²) >= 11 is 0. The van der Waals surface area contributed by atoms with Gasteiger partial charge in [0.15, 0.2) is 0 Å². The molecular formula is C12H12N2O2. The monoisotopic (exact) mass is 216 g/mol. The largest absolute Gasteiger partial charge is 0.508 e. The number of nitrogens with zero attached hydrogens (tertiary/aromatic N) is 2. The van der Waals surface area contributed by atoms with Crippen LogP contribution in [-0.2, 0) is 0 Å². The smallest absolute Gasteiger partial charge is 0.230 e. The fourth-order valence-corrected chi connectivity index (χ4v) is 1.81. The second-order valence-corrected chi connectivity index (χ2v) is 4.33. The molecule has 82 valence electrons. The molecule has 0 aliphatic heterocycles. The van der Waals surface area contributed by atoms with Gasteiger partial charge in [0.1, 0.15) is 5.75 Å². The van der Waals surface area contributed by atoms with Gasteiger partial charge in [-0.25, -0.2) is 0 Å². The SMILES string of the molecule is CC1CC1c1nc(-c2cccc(O)c2)no1. The molecule has 0 spiro atoms. The molecular weight excluding hydrogens is 204 g/mol. The highest BCUT2D eigenvalue weighted by Gasteiger charge is 2.38. The Morgan fingerprint density at radius 2 is 2.25 bits per heavy atom. The van der Waals surface area contributed by atoms with E-state index in [1.54, 1.807) is 18.2 Å². The van der Waals surface area contributed by atoms with E-state index in [4.69, 9.17) is 4.52 Å². The van der Waals surface area contributed by atoms with E-state index in [0.717, 1.165) is 12.0 Å². The Labute approximate surface area is 92.9 Å². The molecule has 16 heavy (non-hydrogen) atoms. The summed E-state index contributed by atoms with van der Waals surface area (Å²) in [5.74, 6) is 2.55. The number of aromatic hydroxyl groups is 1. The van der Waals surface area contributed by atoms with Gasteiger partial charge in [-0.1, -0.05) is 24.2 Å². The maximum Gasteiger partial charge on any atom is 0.230 e. The van der Waals surface area contributed by atoms with E-state index in [2.05, 4.69) is 17.1 Å². The van der Waals surface area contributed by atoms with Crippen LogP contribution in [0.25, 0.3) is 11.4 Å². The molecule has 2 unspecified atom stereocenters. The maximum absolute atomic E-state index is 9.36. The summed E-state index contributed by atoms with van der Waals surface area (Å²) in [5, 5.41) is 13.3. The van der Waals surface area contributed by atoms with Gasteiger partial charge in [-0.05, 0) is 24.5 Å². The van der Waals surface area contributed by atoms with Gasteiger partial charge < -0.3 is 9.63 Å². The van der Waals surface area contributed by atoms with Crippen molar-refractivity contribution in [3.63, 3.8) is 0 Å². The van der Waals surface area contributed by atoms with Gasteiger partial charge in [-0.3, -0.25) is 0 Å². The first-order valence-electron chi connectivity index (χ1n) is 5.37. The van der Waals surface area contributed by atoms with Crippen molar-refractivity contribution in [3.05, 3.63) is 30.2 Å². The molecule has 1 aliphatic carbocycles. The third-order valence-corrected chi connectivity index (χ3v) is 2.97. The van der Waals surface area contributed by atoms with E-state index in [1.807, 2.05) is 6.07 Å². The van der Waals surface area contributed by atoms with Gasteiger partial charge in [0.05, 0.1) is 0 Å². The summed E-state index contributed by atoms with van der Waals surface area (Å²) in [4.78, 5) is 4.35. The van der Waals surface area contributed by atoms with Crippen molar-refractivity contribution >= 4 is 0 Å². The Hall–Kier alpha value is -1.84. The van der Waals surface area contributed by atoms with Crippen LogP contribution in [0.2, 0.25) is 0 Å². The lowest BCUT2D eigenvalue weighted by molar-refractivity contribution is 0.377. The number of hydrogen-bond donors (Lipinski definition) is 1. The lowest BCUT2D eigenvalue weighted by Crippen LogP contribution is -1.82. The summed E-state index contributed by atoms with van der Waals surface area (Å²) in [5.41, 5.74) is 0.781. The Kier molecular flexibility index (Phi) is 1.96. The predicted molar refractivity (Wildman–Crippen MR) is 57.9 cm³/mol. The van der Waals surface area contributed by atoms with Crippen LogP contribution in [-0.4, -0.2) is 15.2 Å². The number of phenols is 1. The second kappa shape index (κ2) is 3.33. The Bertz CT molecular complexity index is 521. The lowest BCUT2D eigenvalue weighted by Gasteiger charge is -1.94. The van der Waals surface area contributed by atoms with E-state index in [9.17, 15) is 5.11 Å². The van der Waals surface area contributed by atoms with Gasteiger partial charge in [0.25, 0.3) is 0 Å². The van der Waals surface area contributed by atoms with E-state index in [0.29, 0.717) is 23.6 Å². The molecule has 3 rings (SSSR count). The first-order chi connectivity index (χ1) is 7.74. The molecule has 4 nitrogen and oxygen atoms in total. The topological polar surface area (TPSA) is 59.2 Å². The van der Waals surface area contributed by atoms with Crippen molar-refractivity contribution in [2.45, 2.75) is 19.3 Å². The molecule has 0 saturated heterocycles. The van der Waals surface area contributed by atoms with Gasteiger partial charge in [-0.15, -0.1) is 0 Å². The van der Waals surface area contributed by atoms with Crippen LogP contribution in [0.1, 0.15) is 25.2 Å². The van der Waals surface area contributed by atoms with Crippen LogP contribution < -0.4 is 0 Å². The number of benzene rings is 1. The van der Waals surface area contributed by atoms with Gasteiger partial charge in [-0.2, -0.15) is 4.98 Å². The summed E-state index contributed by atoms with van der Waals surface area (Å²) in [6.07, 6.45) is 1.13. The first-order valence-corrected chi connectivity index (χ1v) is 5.37. The molecule has 4 heteroatoms. The zero-order chi connectivity index (χ0) is 11.1. The first kappa shape index (κ1) is 9.39. The third-order valence-electron chi connectivity index (χ3n) is 2.97. The minimum absolute atomic E-state index is 0.212. The summed E-state index contributed by atoms with van der Waals surface area (Å²) in [6.45, 7) is 2.17. The van der Waals surface area contributed by atoms with Crippen LogP contribution in [0.15, 0.2) is 28.8 Å². The minimum atomic E-state index is 0.212. The van der Waals surface area contributed by atoms with Crippen LogP contribution >= 0.6 is 0 Å². The number of phenolic OH excluding ortho intramolecular Hbond substituents is 1. The van der Waals surface area contributed by atoms with E-state index >= 15 is 0 Å². The number of hydrogen-bond acceptors (Lipinski definition) is 4. The second-order valence-electron chi connectivity index (χ2n) is 4.33. The van der Waals surface area contributed by atoms with Gasteiger partial charge in [0.2, 0.25) is 11.7 Å². The zero-order valence-corrected chi connectivity index (χ0v) is 8.92. The molecule has 0 amide bonds. The number of aromatic nitrogens is 2. The molecule has 2 atom stereocenters. The van der Waals surface area contributed by atoms with Crippen molar-refractivity contribution in [2.24, 2.45) is 5.92 Å². The van der Waals surface area contributed by atoms with Crippen LogP contribution in [0.4, 0.5) is 0 Å². The maximum atomic E-state index is 9.36. The molecule has 0 radical (unpaired) electrons. The Balaban J connectivity index is 1.92. The molecule has 1 fully saturated rings. The minimum Gasteiger partial charge on any atom is -0.508 e. The summed E-state index contributed by atoms with van der Waals surface area (Å²) < 4.78 is 5.21. The Morgan fingerprint density at radius 1 is 1.44 bits per heavy atom. The molecule has 1 aliphatic rings. The zero-order valence-electron chi connectivity index (χ0n) is 8.92. The standard InChI is InChI=1S/C12H12N2O2/c1-7-5-10(7)12-13-11(14-16-12)8-3-2-4-9(15)6-8/h2-4,6-7,10,15H,5H2,1H3. The summed E-state index contributed by atoms with van der Waals surface area (Å²) in [6, 6.07) is 6.86. The highest BCUT2D eigenvalue weighted by Crippen LogP contribution is 2.46. The normalized spacial score (nSPS) is 23.3. The van der Waals surface area contributed by atoms with E-state index < -0.39 is 0 Å². The fourth-order valence-electron chi connectivity index (χ4n) is 1.81. The van der Waals surface area contributed by atoms with Crippen LogP contribution in [0.3, 0.4) is 0 Å². The molecule has 1 heterocycles. The molecule has 1 aromatic heterocycles. The Morgan fingerprint density at radius 3 is 2.94 bits per heavy atom. The molecule has 0 bridgehead atoms. The molecule has 1 aromatic carbocycles. The highest BCUT2D eigenvalue weighted by atomic mass is 16.5. The van der Waals surface area contributed by atoms with Crippen molar-refractivity contribution in [2.75, 3.05) is 0 Å². The average Bonchev–Trinajstić information content (AvgIpc) is 2.81. The van der Waals surface area contributed by atoms with Gasteiger partial charge in [0, 0.05) is 11.5 Å². The van der Waals surface area contributed by atoms with Crippen LogP contribution in [0, 0.1) is 5.92 Å². The lowest BCUT2D eigenvalue weighted by atomic mass is 10.2. The molecule has 2 aromatic rings. The predicted octanol–water partition coefficient (Wildman–Crippen LogP) is 2.57. The molecule has 1 saturated carbocycles. The summed E-state index contributed by atoms with van der Waals surface area (Å²) in [7, 11) is 0. The van der Waals surface area contributed by atoms with Crippen LogP contribution in [0.5, 0.6) is 5.75 Å². The number of rotatable bonds is 2. The van der Waals surface area contributed by atoms with Crippen molar-refractivity contribution in [1.82, 2.24) is 10.1 Å². The fraction of sp³-hybridized carbons (Fsp3) is 0.333. The van der Waals surface area contributed by atoms with Crippen molar-refractivity contribution in [3.8, 4) is 17.1 Å². The average molecular weight is 216 g/mol. The van der Waals surface area contributed by atoms with Gasteiger partial charge >= 0.3 is 0 Å². The molecule has 1 N–H and O–H groups in total. The highest BCUT2D eigenvalue weighted by molar-refractivity contribution is 5.56. The van der Waals surface area contributed by atoms with Crippen molar-refractivity contribution < 1.29 is 9.63 Å².